The Hall–Kier alpha value is -4.17. The van der Waals surface area contributed by atoms with Gasteiger partial charge in [-0.1, -0.05) is 6.07 Å². The number of benzene rings is 3. The minimum absolute atomic E-state index is 0.0444. The maximum Gasteiger partial charge on any atom is 0.416 e. The number of amides is 1. The van der Waals surface area contributed by atoms with Crippen LogP contribution in [0.3, 0.4) is 0 Å². The van der Waals surface area contributed by atoms with Crippen molar-refractivity contribution in [2.75, 3.05) is 7.11 Å². The van der Waals surface area contributed by atoms with Gasteiger partial charge in [-0.2, -0.15) is 39.5 Å². The number of ether oxygens (including phenoxy) is 2. The predicted octanol–water partition coefficient (Wildman–Crippen LogP) is 8.35. The molecule has 0 aliphatic carbocycles. The number of aromatic hydroxyl groups is 1. The fourth-order valence-electron chi connectivity index (χ4n) is 4.57. The normalized spacial score (nSPS) is 17.9. The van der Waals surface area contributed by atoms with Gasteiger partial charge in [-0.3, -0.25) is 4.90 Å². The summed E-state index contributed by atoms with van der Waals surface area (Å²) in [4.78, 5) is 13.6. The Bertz CT molecular complexity index is 1480. The second-order valence-electron chi connectivity index (χ2n) is 9.39. The summed E-state index contributed by atoms with van der Waals surface area (Å²) in [6, 6.07) is 3.44. The first-order chi connectivity index (χ1) is 19.3. The standard InChI is InChI=1S/C27H19F10NO4/c1-12-23(13-5-16(26(32,33)34)8-17(6-13)27(35,36)37)42-24(40)38(12)11-14-7-15(25(29,30)31)3-4-18(14)19-9-21(39)20(28)10-22(19)41-2/h3-10,12,23,39H,11H2,1-2H3/t12-,23-/m0/s1. The van der Waals surface area contributed by atoms with E-state index in [1.54, 1.807) is 0 Å². The fraction of sp³-hybridized carbons (Fsp3) is 0.296. The maximum absolute atomic E-state index is 13.9. The summed E-state index contributed by atoms with van der Waals surface area (Å²) < 4.78 is 145. The molecule has 2 atom stereocenters. The lowest BCUT2D eigenvalue weighted by Crippen LogP contribution is -2.32. The molecular weight excluding hydrogens is 592 g/mol. The number of halogens is 10. The Morgan fingerprint density at radius 3 is 1.93 bits per heavy atom. The zero-order valence-corrected chi connectivity index (χ0v) is 21.4. The summed E-state index contributed by atoms with van der Waals surface area (Å²) in [5.74, 6) is -2.15. The van der Waals surface area contributed by atoms with E-state index in [4.69, 9.17) is 9.47 Å². The molecule has 0 unspecified atom stereocenters. The number of rotatable bonds is 5. The first-order valence-corrected chi connectivity index (χ1v) is 11.8. The number of carbonyl (C=O) groups excluding carboxylic acids is 1. The Morgan fingerprint density at radius 2 is 1.40 bits per heavy atom. The third-order valence-corrected chi connectivity index (χ3v) is 6.66. The quantitative estimate of drug-likeness (QED) is 0.295. The second-order valence-corrected chi connectivity index (χ2v) is 9.39. The van der Waals surface area contributed by atoms with E-state index >= 15 is 0 Å². The topological polar surface area (TPSA) is 59.0 Å². The minimum atomic E-state index is -5.17. The molecule has 1 aliphatic rings. The number of phenols is 1. The lowest BCUT2D eigenvalue weighted by Gasteiger charge is -2.24. The molecule has 42 heavy (non-hydrogen) atoms. The van der Waals surface area contributed by atoms with Crippen LogP contribution >= 0.6 is 0 Å². The maximum atomic E-state index is 13.9. The first kappa shape index (κ1) is 30.8. The summed E-state index contributed by atoms with van der Waals surface area (Å²) in [7, 11) is 1.13. The van der Waals surface area contributed by atoms with Gasteiger partial charge < -0.3 is 14.6 Å². The van der Waals surface area contributed by atoms with Crippen molar-refractivity contribution in [2.24, 2.45) is 0 Å². The van der Waals surface area contributed by atoms with Gasteiger partial charge in [-0.25, -0.2) is 9.18 Å². The predicted molar refractivity (Wildman–Crippen MR) is 126 cm³/mol. The summed E-state index contributed by atoms with van der Waals surface area (Å²) >= 11 is 0. The SMILES string of the molecule is COc1cc(F)c(O)cc1-c1ccc(C(F)(F)F)cc1CN1C(=O)O[C@H](c2cc(C(F)(F)F)cc(C(F)(F)F)c2)[C@@H]1C. The molecule has 3 aromatic carbocycles. The van der Waals surface area contributed by atoms with Gasteiger partial charge in [0.25, 0.3) is 0 Å². The van der Waals surface area contributed by atoms with E-state index in [1.807, 2.05) is 0 Å². The second kappa shape index (κ2) is 10.6. The molecule has 1 aliphatic heterocycles. The molecule has 1 amide bonds. The molecule has 4 rings (SSSR count). The van der Waals surface area contributed by atoms with Crippen molar-refractivity contribution in [2.45, 2.75) is 44.1 Å². The van der Waals surface area contributed by atoms with E-state index in [9.17, 15) is 53.8 Å². The average Bonchev–Trinajstić information content (AvgIpc) is 3.16. The Labute approximate surface area is 230 Å². The lowest BCUT2D eigenvalue weighted by molar-refractivity contribution is -0.143. The molecule has 0 aromatic heterocycles. The Kier molecular flexibility index (Phi) is 7.76. The number of phenolic OH excluding ortho intramolecular Hbond substituents is 1. The van der Waals surface area contributed by atoms with Crippen molar-refractivity contribution >= 4 is 6.09 Å². The molecule has 5 nitrogen and oxygen atoms in total. The molecule has 1 saturated heterocycles. The number of cyclic esters (lactones) is 1. The Balaban J connectivity index is 1.79. The molecule has 3 aromatic rings. The van der Waals surface area contributed by atoms with E-state index in [0.717, 1.165) is 30.2 Å². The van der Waals surface area contributed by atoms with Gasteiger partial charge in [0.1, 0.15) is 11.9 Å². The van der Waals surface area contributed by atoms with Crippen LogP contribution in [0.15, 0.2) is 48.5 Å². The van der Waals surface area contributed by atoms with Crippen molar-refractivity contribution in [3.8, 4) is 22.6 Å². The summed E-state index contributed by atoms with van der Waals surface area (Å²) in [5, 5.41) is 9.89. The molecule has 0 bridgehead atoms. The van der Waals surface area contributed by atoms with E-state index in [0.29, 0.717) is 24.3 Å². The van der Waals surface area contributed by atoms with Crippen molar-refractivity contribution < 1.29 is 63.3 Å². The third kappa shape index (κ3) is 6.04. The van der Waals surface area contributed by atoms with Crippen LogP contribution in [0.4, 0.5) is 48.7 Å². The molecule has 0 radical (unpaired) electrons. The molecule has 226 valence electrons. The number of methoxy groups -OCH3 is 1. The van der Waals surface area contributed by atoms with Gasteiger partial charge in [0.15, 0.2) is 11.6 Å². The first-order valence-electron chi connectivity index (χ1n) is 11.8. The van der Waals surface area contributed by atoms with Crippen LogP contribution in [0.5, 0.6) is 11.5 Å². The van der Waals surface area contributed by atoms with Crippen molar-refractivity contribution in [1.82, 2.24) is 4.90 Å². The van der Waals surface area contributed by atoms with E-state index in [-0.39, 0.29) is 28.5 Å². The van der Waals surface area contributed by atoms with Gasteiger partial charge in [0, 0.05) is 11.6 Å². The molecule has 15 heteroatoms. The molecule has 1 heterocycles. The van der Waals surface area contributed by atoms with Crippen LogP contribution in [-0.4, -0.2) is 29.3 Å². The molecule has 1 fully saturated rings. The van der Waals surface area contributed by atoms with Crippen molar-refractivity contribution in [1.29, 1.82) is 0 Å². The smallest absolute Gasteiger partial charge is 0.416 e. The molecular formula is C27H19F10NO4. The number of hydrogen-bond donors (Lipinski definition) is 1. The van der Waals surface area contributed by atoms with Crippen LogP contribution in [-0.2, 0) is 29.8 Å². The zero-order valence-electron chi connectivity index (χ0n) is 21.4. The summed E-state index contributed by atoms with van der Waals surface area (Å²) in [6.07, 6.45) is -18.1. The highest BCUT2D eigenvalue weighted by molar-refractivity contribution is 5.77. The molecule has 1 N–H and O–H groups in total. The fourth-order valence-corrected chi connectivity index (χ4v) is 4.57. The van der Waals surface area contributed by atoms with Crippen LogP contribution in [0.2, 0.25) is 0 Å². The third-order valence-electron chi connectivity index (χ3n) is 6.66. The molecule has 0 spiro atoms. The number of nitrogens with zero attached hydrogens (tertiary/aromatic N) is 1. The van der Waals surface area contributed by atoms with Crippen LogP contribution in [0.1, 0.15) is 40.8 Å². The van der Waals surface area contributed by atoms with Crippen molar-refractivity contribution in [3.05, 3.63) is 82.2 Å². The molecule has 0 saturated carbocycles. The van der Waals surface area contributed by atoms with Gasteiger partial charge in [0.2, 0.25) is 0 Å². The Morgan fingerprint density at radius 1 is 0.833 bits per heavy atom. The highest BCUT2D eigenvalue weighted by Gasteiger charge is 2.44. The van der Waals surface area contributed by atoms with Gasteiger partial charge in [0.05, 0.1) is 36.4 Å². The highest BCUT2D eigenvalue weighted by Crippen LogP contribution is 2.43. The highest BCUT2D eigenvalue weighted by atomic mass is 19.4. The van der Waals surface area contributed by atoms with Crippen LogP contribution < -0.4 is 4.74 Å². The largest absolute Gasteiger partial charge is 0.505 e. The minimum Gasteiger partial charge on any atom is -0.505 e. The van der Waals surface area contributed by atoms with E-state index in [1.165, 1.54) is 6.92 Å². The summed E-state index contributed by atoms with van der Waals surface area (Å²) in [5.41, 5.74) is -5.40. The van der Waals surface area contributed by atoms with Gasteiger partial charge >= 0.3 is 24.6 Å². The van der Waals surface area contributed by atoms with E-state index in [2.05, 4.69) is 0 Å². The summed E-state index contributed by atoms with van der Waals surface area (Å²) in [6.45, 7) is 0.572. The monoisotopic (exact) mass is 611 g/mol. The van der Waals surface area contributed by atoms with E-state index < -0.39 is 77.1 Å². The number of carbonyl (C=O) groups is 1. The average molecular weight is 611 g/mol. The number of alkyl halides is 9. The van der Waals surface area contributed by atoms with Gasteiger partial charge in [-0.15, -0.1) is 0 Å². The van der Waals surface area contributed by atoms with Crippen molar-refractivity contribution in [3.63, 3.8) is 0 Å². The number of hydrogen-bond acceptors (Lipinski definition) is 4. The van der Waals surface area contributed by atoms with Gasteiger partial charge in [-0.05, 0) is 60.0 Å². The van der Waals surface area contributed by atoms with Crippen LogP contribution in [0, 0.1) is 5.82 Å². The lowest BCUT2D eigenvalue weighted by atomic mass is 9.94. The zero-order chi connectivity index (χ0) is 31.4. The van der Waals surface area contributed by atoms with Crippen LogP contribution in [0.25, 0.3) is 11.1 Å².